The zero-order valence-corrected chi connectivity index (χ0v) is 10.8. The van der Waals surface area contributed by atoms with E-state index in [0.717, 1.165) is 6.26 Å². The summed E-state index contributed by atoms with van der Waals surface area (Å²) in [6, 6.07) is 4.38. The fourth-order valence-corrected chi connectivity index (χ4v) is 1.65. The smallest absolute Gasteiger partial charge is 0.209 e. The highest BCUT2D eigenvalue weighted by atomic mass is 32.2. The summed E-state index contributed by atoms with van der Waals surface area (Å²) < 4.78 is 42.8. The second kappa shape index (κ2) is 5.46. The van der Waals surface area contributed by atoms with Gasteiger partial charge in [-0.2, -0.15) is 0 Å². The molecule has 0 aliphatic heterocycles. The summed E-state index contributed by atoms with van der Waals surface area (Å²) in [7, 11) is -3.27. The van der Waals surface area contributed by atoms with Crippen LogP contribution in [0.1, 0.15) is 19.4 Å². The number of hydrogen-bond donors (Lipinski definition) is 1. The van der Waals surface area contributed by atoms with E-state index in [1.807, 2.05) is 0 Å². The van der Waals surface area contributed by atoms with Crippen LogP contribution in [-0.2, 0) is 16.6 Å². The molecule has 0 amide bonds. The normalized spacial score (nSPS) is 11.8. The molecule has 17 heavy (non-hydrogen) atoms. The Bertz CT molecular complexity index is 485. The third kappa shape index (κ3) is 5.14. The molecule has 1 N–H and O–H groups in total. The molecular formula is C11H16FNO3S. The Morgan fingerprint density at radius 3 is 2.53 bits per heavy atom. The molecule has 1 rings (SSSR count). The average Bonchev–Trinajstić information content (AvgIpc) is 2.17. The second-order valence-electron chi connectivity index (χ2n) is 4.02. The third-order valence-electron chi connectivity index (χ3n) is 1.90. The van der Waals surface area contributed by atoms with Gasteiger partial charge in [0.25, 0.3) is 0 Å². The molecule has 0 unspecified atom stereocenters. The average molecular weight is 261 g/mol. The van der Waals surface area contributed by atoms with Gasteiger partial charge in [0.1, 0.15) is 0 Å². The van der Waals surface area contributed by atoms with Crippen molar-refractivity contribution in [3.8, 4) is 5.75 Å². The predicted octanol–water partition coefficient (Wildman–Crippen LogP) is 1.66. The van der Waals surface area contributed by atoms with Crippen molar-refractivity contribution >= 4 is 10.0 Å². The van der Waals surface area contributed by atoms with Gasteiger partial charge in [0, 0.05) is 6.54 Å². The van der Waals surface area contributed by atoms with Crippen LogP contribution in [0.4, 0.5) is 4.39 Å². The molecule has 0 aromatic heterocycles. The van der Waals surface area contributed by atoms with E-state index >= 15 is 0 Å². The van der Waals surface area contributed by atoms with Crippen LogP contribution in [0, 0.1) is 5.82 Å². The van der Waals surface area contributed by atoms with Gasteiger partial charge in [0.15, 0.2) is 11.6 Å². The fourth-order valence-electron chi connectivity index (χ4n) is 1.22. The van der Waals surface area contributed by atoms with E-state index in [2.05, 4.69) is 4.72 Å². The molecule has 0 aliphatic rings. The standard InChI is InChI=1S/C11H16FNO3S/c1-8(2)16-11-5-4-9(6-10(11)12)7-13-17(3,14)15/h4-6,8,13H,7H2,1-3H3. The molecule has 0 bridgehead atoms. The number of sulfonamides is 1. The maximum atomic E-state index is 13.5. The first-order chi connectivity index (χ1) is 7.78. The van der Waals surface area contributed by atoms with E-state index in [1.165, 1.54) is 12.1 Å². The largest absolute Gasteiger partial charge is 0.488 e. The van der Waals surface area contributed by atoms with Crippen molar-refractivity contribution in [1.29, 1.82) is 0 Å². The summed E-state index contributed by atoms with van der Waals surface area (Å²) in [5, 5.41) is 0. The highest BCUT2D eigenvalue weighted by Crippen LogP contribution is 2.19. The number of ether oxygens (including phenoxy) is 1. The first kappa shape index (κ1) is 13.9. The molecule has 0 spiro atoms. The first-order valence-corrected chi connectivity index (χ1v) is 7.07. The molecule has 0 saturated heterocycles. The van der Waals surface area contributed by atoms with Gasteiger partial charge in [0.05, 0.1) is 12.4 Å². The van der Waals surface area contributed by atoms with Crippen molar-refractivity contribution in [3.63, 3.8) is 0 Å². The number of benzene rings is 1. The van der Waals surface area contributed by atoms with Crippen molar-refractivity contribution in [1.82, 2.24) is 4.72 Å². The Labute approximate surface area is 101 Å². The van der Waals surface area contributed by atoms with Gasteiger partial charge in [-0.3, -0.25) is 0 Å². The lowest BCUT2D eigenvalue weighted by molar-refractivity contribution is 0.231. The molecule has 6 heteroatoms. The number of nitrogens with one attached hydrogen (secondary N) is 1. The van der Waals surface area contributed by atoms with Crippen LogP contribution in [0.5, 0.6) is 5.75 Å². The van der Waals surface area contributed by atoms with Crippen LogP contribution in [0.25, 0.3) is 0 Å². The van der Waals surface area contributed by atoms with Crippen LogP contribution in [-0.4, -0.2) is 20.8 Å². The third-order valence-corrected chi connectivity index (χ3v) is 2.57. The predicted molar refractivity (Wildman–Crippen MR) is 63.8 cm³/mol. The summed E-state index contributed by atoms with van der Waals surface area (Å²) >= 11 is 0. The molecule has 1 aromatic carbocycles. The SMILES string of the molecule is CC(C)Oc1ccc(CNS(C)(=O)=O)cc1F. The molecular weight excluding hydrogens is 245 g/mol. The van der Waals surface area contributed by atoms with Gasteiger partial charge in [0.2, 0.25) is 10.0 Å². The van der Waals surface area contributed by atoms with E-state index in [1.54, 1.807) is 19.9 Å². The summed E-state index contributed by atoms with van der Waals surface area (Å²) in [6.45, 7) is 3.68. The monoisotopic (exact) mass is 261 g/mol. The molecule has 0 atom stereocenters. The van der Waals surface area contributed by atoms with Crippen LogP contribution in [0.2, 0.25) is 0 Å². The topological polar surface area (TPSA) is 55.4 Å². The summed E-state index contributed by atoms with van der Waals surface area (Å²) in [5.74, 6) is -0.324. The van der Waals surface area contributed by atoms with E-state index in [-0.39, 0.29) is 18.4 Å². The molecule has 0 fully saturated rings. The minimum absolute atomic E-state index is 0.0672. The van der Waals surface area contributed by atoms with Gasteiger partial charge in [-0.05, 0) is 31.5 Å². The summed E-state index contributed by atoms with van der Waals surface area (Å²) in [4.78, 5) is 0. The zero-order valence-electron chi connectivity index (χ0n) is 10.0. The van der Waals surface area contributed by atoms with Crippen molar-refractivity contribution in [3.05, 3.63) is 29.6 Å². The molecule has 0 heterocycles. The number of rotatable bonds is 5. The van der Waals surface area contributed by atoms with E-state index in [4.69, 9.17) is 4.74 Å². The van der Waals surface area contributed by atoms with E-state index in [9.17, 15) is 12.8 Å². The lowest BCUT2D eigenvalue weighted by atomic mass is 10.2. The van der Waals surface area contributed by atoms with Crippen molar-refractivity contribution < 1.29 is 17.5 Å². The summed E-state index contributed by atoms with van der Waals surface area (Å²) in [6.07, 6.45) is 0.948. The van der Waals surface area contributed by atoms with E-state index < -0.39 is 15.8 Å². The van der Waals surface area contributed by atoms with Gasteiger partial charge >= 0.3 is 0 Å². The Balaban J connectivity index is 2.75. The highest BCUT2D eigenvalue weighted by Gasteiger charge is 2.07. The quantitative estimate of drug-likeness (QED) is 0.877. The van der Waals surface area contributed by atoms with Gasteiger partial charge < -0.3 is 4.74 Å². The Morgan fingerprint density at radius 1 is 1.41 bits per heavy atom. The maximum Gasteiger partial charge on any atom is 0.209 e. The van der Waals surface area contributed by atoms with Crippen LogP contribution in [0.15, 0.2) is 18.2 Å². The van der Waals surface area contributed by atoms with Gasteiger partial charge in [-0.25, -0.2) is 17.5 Å². The molecule has 4 nitrogen and oxygen atoms in total. The second-order valence-corrected chi connectivity index (χ2v) is 5.86. The minimum atomic E-state index is -3.27. The maximum absolute atomic E-state index is 13.5. The van der Waals surface area contributed by atoms with Crippen molar-refractivity contribution in [2.24, 2.45) is 0 Å². The molecule has 1 aromatic rings. The molecule has 0 saturated carbocycles. The van der Waals surface area contributed by atoms with E-state index in [0.29, 0.717) is 5.56 Å². The molecule has 0 aliphatic carbocycles. The lowest BCUT2D eigenvalue weighted by Crippen LogP contribution is -2.21. The number of hydrogen-bond acceptors (Lipinski definition) is 3. The van der Waals surface area contributed by atoms with Gasteiger partial charge in [-0.1, -0.05) is 6.07 Å². The zero-order chi connectivity index (χ0) is 13.1. The Morgan fingerprint density at radius 2 is 2.06 bits per heavy atom. The number of halogens is 1. The first-order valence-electron chi connectivity index (χ1n) is 5.17. The highest BCUT2D eigenvalue weighted by molar-refractivity contribution is 7.88. The van der Waals surface area contributed by atoms with Crippen LogP contribution >= 0.6 is 0 Å². The van der Waals surface area contributed by atoms with Gasteiger partial charge in [-0.15, -0.1) is 0 Å². The minimum Gasteiger partial charge on any atom is -0.488 e. The Kier molecular flexibility index (Phi) is 4.47. The van der Waals surface area contributed by atoms with Crippen molar-refractivity contribution in [2.45, 2.75) is 26.5 Å². The fraction of sp³-hybridized carbons (Fsp3) is 0.455. The lowest BCUT2D eigenvalue weighted by Gasteiger charge is -2.11. The Hall–Kier alpha value is -1.14. The van der Waals surface area contributed by atoms with Crippen LogP contribution in [0.3, 0.4) is 0 Å². The molecule has 96 valence electrons. The van der Waals surface area contributed by atoms with Crippen LogP contribution < -0.4 is 9.46 Å². The molecule has 0 radical (unpaired) electrons. The van der Waals surface area contributed by atoms with Crippen molar-refractivity contribution in [2.75, 3.05) is 6.26 Å². The summed E-state index contributed by atoms with van der Waals surface area (Å²) in [5.41, 5.74) is 0.545.